The minimum absolute atomic E-state index is 0.0216. The summed E-state index contributed by atoms with van der Waals surface area (Å²) in [4.78, 5) is 34.2. The molecule has 0 spiro atoms. The van der Waals surface area contributed by atoms with Crippen LogP contribution in [0.15, 0.2) is 24.3 Å². The molecule has 1 aliphatic rings. The summed E-state index contributed by atoms with van der Waals surface area (Å²) < 4.78 is 5.03. The van der Waals surface area contributed by atoms with Crippen LogP contribution in [0.5, 0.6) is 5.75 Å². The van der Waals surface area contributed by atoms with Crippen molar-refractivity contribution < 1.29 is 24.2 Å². The van der Waals surface area contributed by atoms with Gasteiger partial charge in [-0.3, -0.25) is 14.9 Å². The van der Waals surface area contributed by atoms with Crippen LogP contribution in [-0.2, 0) is 15.1 Å². The first kappa shape index (κ1) is 13.9. The SMILES string of the molecule is COc1ccc([C@@]2(CCC(=O)O)NC(=O)NC2=O)cc1. The Morgan fingerprint density at radius 2 is 1.95 bits per heavy atom. The molecular weight excluding hydrogens is 264 g/mol. The molecule has 1 aliphatic heterocycles. The van der Waals surface area contributed by atoms with E-state index in [9.17, 15) is 14.4 Å². The zero-order valence-corrected chi connectivity index (χ0v) is 10.8. The molecule has 3 amide bonds. The summed E-state index contributed by atoms with van der Waals surface area (Å²) in [7, 11) is 1.51. The lowest BCUT2D eigenvalue weighted by Gasteiger charge is -2.26. The van der Waals surface area contributed by atoms with E-state index in [0.29, 0.717) is 11.3 Å². The second kappa shape index (κ2) is 5.20. The van der Waals surface area contributed by atoms with E-state index in [1.54, 1.807) is 24.3 Å². The Kier molecular flexibility index (Phi) is 3.60. The highest BCUT2D eigenvalue weighted by Gasteiger charge is 2.47. The van der Waals surface area contributed by atoms with Gasteiger partial charge in [0.05, 0.1) is 7.11 Å². The van der Waals surface area contributed by atoms with Crippen molar-refractivity contribution in [1.82, 2.24) is 10.6 Å². The highest BCUT2D eigenvalue weighted by Crippen LogP contribution is 2.31. The third kappa shape index (κ3) is 2.42. The minimum Gasteiger partial charge on any atom is -0.497 e. The zero-order valence-electron chi connectivity index (χ0n) is 10.8. The molecule has 1 fully saturated rings. The van der Waals surface area contributed by atoms with Crippen LogP contribution in [-0.4, -0.2) is 30.1 Å². The highest BCUT2D eigenvalue weighted by atomic mass is 16.5. The first-order valence-electron chi connectivity index (χ1n) is 5.98. The van der Waals surface area contributed by atoms with Crippen molar-refractivity contribution in [3.63, 3.8) is 0 Å². The van der Waals surface area contributed by atoms with Crippen molar-refractivity contribution in [2.24, 2.45) is 0 Å². The van der Waals surface area contributed by atoms with E-state index in [1.807, 2.05) is 0 Å². The topological polar surface area (TPSA) is 105 Å². The highest BCUT2D eigenvalue weighted by molar-refractivity contribution is 6.07. The van der Waals surface area contributed by atoms with Gasteiger partial charge in [0.1, 0.15) is 11.3 Å². The quantitative estimate of drug-likeness (QED) is 0.684. The summed E-state index contributed by atoms with van der Waals surface area (Å²) in [6, 6.07) is 5.93. The molecule has 0 unspecified atom stereocenters. The number of amides is 3. The lowest BCUT2D eigenvalue weighted by molar-refractivity contribution is -0.137. The van der Waals surface area contributed by atoms with Crippen LogP contribution in [0.1, 0.15) is 18.4 Å². The second-order valence-electron chi connectivity index (χ2n) is 4.44. The zero-order chi connectivity index (χ0) is 14.8. The second-order valence-corrected chi connectivity index (χ2v) is 4.44. The fourth-order valence-electron chi connectivity index (χ4n) is 2.19. The Balaban J connectivity index is 2.37. The molecule has 0 saturated carbocycles. The van der Waals surface area contributed by atoms with E-state index < -0.39 is 23.4 Å². The molecule has 2 rings (SSSR count). The molecule has 0 aromatic heterocycles. The average molecular weight is 278 g/mol. The molecule has 7 heteroatoms. The number of methoxy groups -OCH3 is 1. The fourth-order valence-corrected chi connectivity index (χ4v) is 2.19. The van der Waals surface area contributed by atoms with Gasteiger partial charge < -0.3 is 15.2 Å². The normalized spacial score (nSPS) is 21.2. The van der Waals surface area contributed by atoms with Gasteiger partial charge in [-0.1, -0.05) is 12.1 Å². The standard InChI is InChI=1S/C13H14N2O5/c1-20-9-4-2-8(3-5-9)13(7-6-10(16)17)11(18)14-12(19)15-13/h2-5H,6-7H2,1H3,(H,16,17)(H2,14,15,18,19)/t13-/m1/s1. The summed E-state index contributed by atoms with van der Waals surface area (Å²) in [5, 5.41) is 13.5. The summed E-state index contributed by atoms with van der Waals surface area (Å²) in [5.74, 6) is -0.979. The monoisotopic (exact) mass is 278 g/mol. The van der Waals surface area contributed by atoms with Gasteiger partial charge in [-0.15, -0.1) is 0 Å². The maximum atomic E-state index is 12.1. The number of aliphatic carboxylic acids is 1. The maximum Gasteiger partial charge on any atom is 0.322 e. The number of hydrogen-bond donors (Lipinski definition) is 3. The van der Waals surface area contributed by atoms with Crippen LogP contribution in [0.4, 0.5) is 4.79 Å². The number of benzene rings is 1. The molecule has 0 radical (unpaired) electrons. The molecule has 7 nitrogen and oxygen atoms in total. The van der Waals surface area contributed by atoms with Crippen LogP contribution < -0.4 is 15.4 Å². The van der Waals surface area contributed by atoms with Crippen molar-refractivity contribution in [1.29, 1.82) is 0 Å². The van der Waals surface area contributed by atoms with Crippen LogP contribution in [0.3, 0.4) is 0 Å². The Labute approximate surface area is 114 Å². The van der Waals surface area contributed by atoms with Gasteiger partial charge >= 0.3 is 12.0 Å². The van der Waals surface area contributed by atoms with E-state index in [-0.39, 0.29) is 12.8 Å². The maximum absolute atomic E-state index is 12.1. The number of hydrogen-bond acceptors (Lipinski definition) is 4. The average Bonchev–Trinajstić information content (AvgIpc) is 2.72. The lowest BCUT2D eigenvalue weighted by Crippen LogP contribution is -2.44. The van der Waals surface area contributed by atoms with Crippen LogP contribution in [0.2, 0.25) is 0 Å². The van der Waals surface area contributed by atoms with Crippen LogP contribution in [0, 0.1) is 0 Å². The van der Waals surface area contributed by atoms with E-state index >= 15 is 0 Å². The number of urea groups is 1. The third-order valence-corrected chi connectivity index (χ3v) is 3.24. The van der Waals surface area contributed by atoms with Crippen LogP contribution in [0.25, 0.3) is 0 Å². The first-order chi connectivity index (χ1) is 9.48. The summed E-state index contributed by atoms with van der Waals surface area (Å²) in [5.41, 5.74) is -0.829. The van der Waals surface area contributed by atoms with Gasteiger partial charge in [0.15, 0.2) is 0 Å². The van der Waals surface area contributed by atoms with Gasteiger partial charge in [-0.05, 0) is 24.1 Å². The Bertz CT molecular complexity index is 554. The molecule has 1 aromatic rings. The van der Waals surface area contributed by atoms with E-state index in [2.05, 4.69) is 10.6 Å². The molecule has 1 heterocycles. The van der Waals surface area contributed by atoms with Crippen molar-refractivity contribution in [3.05, 3.63) is 29.8 Å². The Hall–Kier alpha value is -2.57. The Morgan fingerprint density at radius 3 is 2.40 bits per heavy atom. The minimum atomic E-state index is -1.35. The summed E-state index contributed by atoms with van der Waals surface area (Å²) in [6.07, 6.45) is -0.258. The van der Waals surface area contributed by atoms with E-state index in [0.717, 1.165) is 0 Å². The smallest absolute Gasteiger partial charge is 0.322 e. The summed E-state index contributed by atoms with van der Waals surface area (Å²) in [6.45, 7) is 0. The number of nitrogens with one attached hydrogen (secondary N) is 2. The predicted molar refractivity (Wildman–Crippen MR) is 68.2 cm³/mol. The van der Waals surface area contributed by atoms with Gasteiger partial charge in [-0.2, -0.15) is 0 Å². The number of ether oxygens (including phenoxy) is 1. The predicted octanol–water partition coefficient (Wildman–Crippen LogP) is 0.595. The van der Waals surface area contributed by atoms with Crippen molar-refractivity contribution in [2.45, 2.75) is 18.4 Å². The number of carbonyl (C=O) groups is 3. The summed E-state index contributed by atoms with van der Waals surface area (Å²) >= 11 is 0. The van der Waals surface area contributed by atoms with Crippen molar-refractivity contribution >= 4 is 17.9 Å². The Morgan fingerprint density at radius 1 is 1.30 bits per heavy atom. The van der Waals surface area contributed by atoms with E-state index in [4.69, 9.17) is 9.84 Å². The van der Waals surface area contributed by atoms with E-state index in [1.165, 1.54) is 7.11 Å². The fraction of sp³-hybridized carbons (Fsp3) is 0.308. The number of rotatable bonds is 5. The lowest BCUT2D eigenvalue weighted by atomic mass is 9.85. The number of carbonyl (C=O) groups excluding carboxylic acids is 2. The van der Waals surface area contributed by atoms with Gasteiger partial charge in [-0.25, -0.2) is 4.79 Å². The first-order valence-corrected chi connectivity index (χ1v) is 5.98. The molecule has 0 bridgehead atoms. The molecule has 106 valence electrons. The number of carboxylic acids is 1. The molecule has 20 heavy (non-hydrogen) atoms. The van der Waals surface area contributed by atoms with Gasteiger partial charge in [0.25, 0.3) is 5.91 Å². The van der Waals surface area contributed by atoms with Crippen molar-refractivity contribution in [2.75, 3.05) is 7.11 Å². The molecule has 3 N–H and O–H groups in total. The molecule has 1 aromatic carbocycles. The van der Waals surface area contributed by atoms with Gasteiger partial charge in [0, 0.05) is 6.42 Å². The molecule has 0 aliphatic carbocycles. The van der Waals surface area contributed by atoms with Crippen molar-refractivity contribution in [3.8, 4) is 5.75 Å². The van der Waals surface area contributed by atoms with Crippen LogP contribution >= 0.6 is 0 Å². The molecule has 1 saturated heterocycles. The number of carboxylic acid groups (broad SMARTS) is 1. The van der Waals surface area contributed by atoms with Gasteiger partial charge in [0.2, 0.25) is 0 Å². The molecular formula is C13H14N2O5. The third-order valence-electron chi connectivity index (χ3n) is 3.24. The number of imide groups is 1. The molecule has 1 atom stereocenters. The largest absolute Gasteiger partial charge is 0.497 e.